The highest BCUT2D eigenvalue weighted by Gasteiger charge is 2.07. The Labute approximate surface area is 94.2 Å². The molecule has 15 heavy (non-hydrogen) atoms. The van der Waals surface area contributed by atoms with E-state index >= 15 is 0 Å². The topological polar surface area (TPSA) is 51.8 Å². The molecule has 0 bridgehead atoms. The number of hydrogen-bond donors (Lipinski definition) is 1. The molecule has 0 aliphatic heterocycles. The lowest BCUT2D eigenvalue weighted by Gasteiger charge is -1.91. The fourth-order valence-corrected chi connectivity index (χ4v) is 3.10. The van der Waals surface area contributed by atoms with Crippen LogP contribution in [0.3, 0.4) is 0 Å². The van der Waals surface area contributed by atoms with Gasteiger partial charge >= 0.3 is 0 Å². The van der Waals surface area contributed by atoms with Crippen molar-refractivity contribution in [3.8, 4) is 10.6 Å². The van der Waals surface area contributed by atoms with E-state index in [1.54, 1.807) is 28.9 Å². The van der Waals surface area contributed by atoms with Crippen LogP contribution in [0.5, 0.6) is 0 Å². The number of nitrogens with zero attached hydrogens (tertiary/aromatic N) is 2. The SMILES string of the molecule is Nc1nccc2cc(-c3cscn3)sc12. The van der Waals surface area contributed by atoms with Crippen LogP contribution in [0.25, 0.3) is 20.7 Å². The van der Waals surface area contributed by atoms with Gasteiger partial charge in [0.25, 0.3) is 0 Å². The Kier molecular flexibility index (Phi) is 1.93. The zero-order valence-electron chi connectivity index (χ0n) is 7.68. The van der Waals surface area contributed by atoms with Gasteiger partial charge in [-0.15, -0.1) is 22.7 Å². The van der Waals surface area contributed by atoms with E-state index in [4.69, 9.17) is 5.73 Å². The summed E-state index contributed by atoms with van der Waals surface area (Å²) in [6, 6.07) is 4.07. The number of pyridine rings is 1. The second-order valence-electron chi connectivity index (χ2n) is 3.10. The van der Waals surface area contributed by atoms with E-state index in [9.17, 15) is 0 Å². The first-order valence-corrected chi connectivity index (χ1v) is 6.13. The van der Waals surface area contributed by atoms with E-state index in [1.165, 1.54) is 0 Å². The van der Waals surface area contributed by atoms with Crippen molar-refractivity contribution < 1.29 is 0 Å². The fourth-order valence-electron chi connectivity index (χ4n) is 1.45. The summed E-state index contributed by atoms with van der Waals surface area (Å²) in [5.41, 5.74) is 8.65. The number of anilines is 1. The molecule has 74 valence electrons. The number of rotatable bonds is 1. The molecule has 2 N–H and O–H groups in total. The fraction of sp³-hybridized carbons (Fsp3) is 0. The maximum atomic E-state index is 5.80. The molecule has 3 heterocycles. The molecular weight excluding hydrogens is 226 g/mol. The van der Waals surface area contributed by atoms with E-state index in [-0.39, 0.29) is 0 Å². The van der Waals surface area contributed by atoms with Crippen LogP contribution in [0.4, 0.5) is 5.82 Å². The Morgan fingerprint density at radius 1 is 1.27 bits per heavy atom. The zero-order chi connectivity index (χ0) is 10.3. The minimum atomic E-state index is 0.596. The molecule has 0 aliphatic rings. The summed E-state index contributed by atoms with van der Waals surface area (Å²) in [6.45, 7) is 0. The molecule has 0 aromatic carbocycles. The molecule has 0 amide bonds. The van der Waals surface area contributed by atoms with Gasteiger partial charge in [-0.05, 0) is 17.5 Å². The highest BCUT2D eigenvalue weighted by molar-refractivity contribution is 7.23. The van der Waals surface area contributed by atoms with Gasteiger partial charge in [-0.25, -0.2) is 9.97 Å². The van der Waals surface area contributed by atoms with E-state index in [0.717, 1.165) is 20.7 Å². The van der Waals surface area contributed by atoms with Gasteiger partial charge in [-0.2, -0.15) is 0 Å². The monoisotopic (exact) mass is 233 g/mol. The van der Waals surface area contributed by atoms with Gasteiger partial charge in [0.1, 0.15) is 5.82 Å². The van der Waals surface area contributed by atoms with Crippen molar-refractivity contribution in [3.63, 3.8) is 0 Å². The van der Waals surface area contributed by atoms with E-state index in [1.807, 2.05) is 17.0 Å². The molecule has 0 fully saturated rings. The Morgan fingerprint density at radius 2 is 2.20 bits per heavy atom. The van der Waals surface area contributed by atoms with Crippen LogP contribution in [-0.4, -0.2) is 9.97 Å². The molecule has 0 saturated carbocycles. The van der Waals surface area contributed by atoms with Crippen LogP contribution in [0, 0.1) is 0 Å². The average Bonchev–Trinajstić information content (AvgIpc) is 2.86. The third-order valence-corrected chi connectivity index (χ3v) is 3.93. The Bertz CT molecular complexity index is 598. The van der Waals surface area contributed by atoms with Crippen LogP contribution in [0.15, 0.2) is 29.2 Å². The molecule has 0 spiro atoms. The van der Waals surface area contributed by atoms with Crippen molar-refractivity contribution in [2.75, 3.05) is 5.73 Å². The van der Waals surface area contributed by atoms with Gasteiger partial charge in [0, 0.05) is 11.6 Å². The van der Waals surface area contributed by atoms with Crippen molar-refractivity contribution in [1.82, 2.24) is 9.97 Å². The number of nitrogens with two attached hydrogens (primary N) is 1. The first kappa shape index (κ1) is 8.82. The van der Waals surface area contributed by atoms with Crippen molar-refractivity contribution >= 4 is 38.6 Å². The number of nitrogen functional groups attached to an aromatic ring is 1. The maximum Gasteiger partial charge on any atom is 0.141 e. The summed E-state index contributed by atoms with van der Waals surface area (Å²) in [5, 5.41) is 3.17. The molecule has 0 radical (unpaired) electrons. The van der Waals surface area contributed by atoms with Gasteiger partial charge < -0.3 is 5.73 Å². The van der Waals surface area contributed by atoms with Crippen molar-refractivity contribution in [1.29, 1.82) is 0 Å². The van der Waals surface area contributed by atoms with E-state index < -0.39 is 0 Å². The summed E-state index contributed by atoms with van der Waals surface area (Å²) < 4.78 is 1.04. The lowest BCUT2D eigenvalue weighted by Crippen LogP contribution is -1.86. The smallest absolute Gasteiger partial charge is 0.141 e. The van der Waals surface area contributed by atoms with Crippen LogP contribution in [0.1, 0.15) is 0 Å². The predicted molar refractivity (Wildman–Crippen MR) is 65.1 cm³/mol. The van der Waals surface area contributed by atoms with Crippen LogP contribution >= 0.6 is 22.7 Å². The summed E-state index contributed by atoms with van der Waals surface area (Å²) >= 11 is 3.24. The second kappa shape index (κ2) is 3.29. The van der Waals surface area contributed by atoms with Crippen molar-refractivity contribution in [2.24, 2.45) is 0 Å². The molecule has 3 nitrogen and oxygen atoms in total. The van der Waals surface area contributed by atoms with Crippen LogP contribution in [0.2, 0.25) is 0 Å². The number of thiophene rings is 1. The van der Waals surface area contributed by atoms with Gasteiger partial charge in [-0.3, -0.25) is 0 Å². The highest BCUT2D eigenvalue weighted by atomic mass is 32.1. The summed E-state index contributed by atoms with van der Waals surface area (Å²) in [4.78, 5) is 9.50. The van der Waals surface area contributed by atoms with Crippen LogP contribution in [-0.2, 0) is 0 Å². The van der Waals surface area contributed by atoms with Crippen LogP contribution < -0.4 is 5.73 Å². The summed E-state index contributed by atoms with van der Waals surface area (Å²) in [7, 11) is 0. The van der Waals surface area contributed by atoms with Gasteiger partial charge in [-0.1, -0.05) is 0 Å². The summed E-state index contributed by atoms with van der Waals surface area (Å²) in [6.07, 6.45) is 1.73. The number of hydrogen-bond acceptors (Lipinski definition) is 5. The highest BCUT2D eigenvalue weighted by Crippen LogP contribution is 2.35. The van der Waals surface area contributed by atoms with Gasteiger partial charge in [0.15, 0.2) is 0 Å². The minimum absolute atomic E-state index is 0.596. The standard InChI is InChI=1S/C10H7N3S2/c11-10-9-6(1-2-12-10)3-8(15-9)7-4-14-5-13-7/h1-5H,(H2,11,12). The Morgan fingerprint density at radius 3 is 2.93 bits per heavy atom. The molecule has 0 aliphatic carbocycles. The first-order chi connectivity index (χ1) is 7.34. The number of thiazole rings is 1. The normalized spacial score (nSPS) is 10.9. The third-order valence-electron chi connectivity index (χ3n) is 2.15. The molecular formula is C10H7N3S2. The Balaban J connectivity index is 2.27. The molecule has 3 aromatic rings. The van der Waals surface area contributed by atoms with Gasteiger partial charge in [0.05, 0.1) is 20.8 Å². The molecule has 5 heteroatoms. The third kappa shape index (κ3) is 1.40. The predicted octanol–water partition coefficient (Wildman–Crippen LogP) is 3.00. The maximum absolute atomic E-state index is 5.80. The lowest BCUT2D eigenvalue weighted by molar-refractivity contribution is 1.38. The van der Waals surface area contributed by atoms with Crippen molar-refractivity contribution in [2.45, 2.75) is 0 Å². The lowest BCUT2D eigenvalue weighted by atomic mass is 10.3. The molecule has 0 saturated heterocycles. The zero-order valence-corrected chi connectivity index (χ0v) is 9.31. The average molecular weight is 233 g/mol. The first-order valence-electron chi connectivity index (χ1n) is 4.37. The van der Waals surface area contributed by atoms with Gasteiger partial charge in [0.2, 0.25) is 0 Å². The van der Waals surface area contributed by atoms with E-state index in [2.05, 4.69) is 16.0 Å². The minimum Gasteiger partial charge on any atom is -0.383 e. The summed E-state index contributed by atoms with van der Waals surface area (Å²) in [5.74, 6) is 0.596. The van der Waals surface area contributed by atoms with Crippen molar-refractivity contribution in [3.05, 3.63) is 29.2 Å². The molecule has 3 aromatic heterocycles. The second-order valence-corrected chi connectivity index (χ2v) is 4.87. The quantitative estimate of drug-likeness (QED) is 0.703. The molecule has 3 rings (SSSR count). The number of fused-ring (bicyclic) bond motifs is 1. The number of aromatic nitrogens is 2. The molecule has 0 unspecified atom stereocenters. The largest absolute Gasteiger partial charge is 0.383 e. The van der Waals surface area contributed by atoms with E-state index in [0.29, 0.717) is 5.82 Å². The molecule has 0 atom stereocenters. The Hall–Kier alpha value is -1.46.